The van der Waals surface area contributed by atoms with Gasteiger partial charge < -0.3 is 9.73 Å². The molecule has 1 aromatic carbocycles. The fourth-order valence-corrected chi connectivity index (χ4v) is 2.03. The first kappa shape index (κ1) is 15.6. The Labute approximate surface area is 122 Å². The van der Waals surface area contributed by atoms with Crippen molar-refractivity contribution in [1.82, 2.24) is 15.5 Å². The summed E-state index contributed by atoms with van der Waals surface area (Å²) in [6.45, 7) is 6.46. The Kier molecular flexibility index (Phi) is 5.01. The molecule has 0 fully saturated rings. The molecule has 1 unspecified atom stereocenters. The van der Waals surface area contributed by atoms with Crippen LogP contribution in [0.25, 0.3) is 11.5 Å². The maximum atomic E-state index is 13.8. The first-order valence-corrected chi connectivity index (χ1v) is 7.09. The van der Waals surface area contributed by atoms with Gasteiger partial charge >= 0.3 is 0 Å². The predicted octanol–water partition coefficient (Wildman–Crippen LogP) is 3.77. The van der Waals surface area contributed by atoms with E-state index in [4.69, 9.17) is 4.42 Å². The number of benzene rings is 1. The molecule has 21 heavy (non-hydrogen) atoms. The van der Waals surface area contributed by atoms with Crippen LogP contribution in [0.5, 0.6) is 0 Å². The van der Waals surface area contributed by atoms with E-state index >= 15 is 0 Å². The standard InChI is InChI=1S/C15H19F2N3O/c1-4-6-18-13(5-2)15-20-19-14(21-15)10-7-9(3)11(16)8-12(10)17/h7-8,13,18H,4-6H2,1-3H3. The van der Waals surface area contributed by atoms with Crippen molar-refractivity contribution < 1.29 is 13.2 Å². The summed E-state index contributed by atoms with van der Waals surface area (Å²) in [5.41, 5.74) is 0.459. The molecule has 6 heteroatoms. The largest absolute Gasteiger partial charge is 0.419 e. The van der Waals surface area contributed by atoms with E-state index < -0.39 is 11.6 Å². The van der Waals surface area contributed by atoms with E-state index in [1.54, 1.807) is 6.92 Å². The molecular formula is C15H19F2N3O. The number of aryl methyl sites for hydroxylation is 1. The van der Waals surface area contributed by atoms with Crippen LogP contribution in [0.2, 0.25) is 0 Å². The smallest absolute Gasteiger partial charge is 0.250 e. The maximum absolute atomic E-state index is 13.8. The van der Waals surface area contributed by atoms with Crippen LogP contribution in [-0.2, 0) is 0 Å². The molecule has 1 heterocycles. The van der Waals surface area contributed by atoms with Gasteiger partial charge in [0.15, 0.2) is 0 Å². The molecule has 1 atom stereocenters. The molecule has 114 valence electrons. The molecule has 4 nitrogen and oxygen atoms in total. The van der Waals surface area contributed by atoms with Crippen molar-refractivity contribution in [2.45, 2.75) is 39.7 Å². The highest BCUT2D eigenvalue weighted by molar-refractivity contribution is 5.55. The lowest BCUT2D eigenvalue weighted by Gasteiger charge is -2.11. The summed E-state index contributed by atoms with van der Waals surface area (Å²) in [6, 6.07) is 2.15. The molecule has 1 N–H and O–H groups in total. The van der Waals surface area contributed by atoms with Crippen molar-refractivity contribution in [3.63, 3.8) is 0 Å². The number of hydrogen-bond donors (Lipinski definition) is 1. The summed E-state index contributed by atoms with van der Waals surface area (Å²) in [5.74, 6) is -0.806. The van der Waals surface area contributed by atoms with Crippen LogP contribution < -0.4 is 5.32 Å². The average molecular weight is 295 g/mol. The van der Waals surface area contributed by atoms with E-state index in [1.807, 2.05) is 6.92 Å². The van der Waals surface area contributed by atoms with Gasteiger partial charge in [0, 0.05) is 6.07 Å². The molecule has 0 bridgehead atoms. The van der Waals surface area contributed by atoms with Crippen LogP contribution in [0.1, 0.15) is 44.2 Å². The molecule has 0 aliphatic heterocycles. The van der Waals surface area contributed by atoms with Crippen molar-refractivity contribution in [3.8, 4) is 11.5 Å². The van der Waals surface area contributed by atoms with E-state index in [1.165, 1.54) is 6.07 Å². The average Bonchev–Trinajstić information content (AvgIpc) is 2.93. The third kappa shape index (κ3) is 3.44. The summed E-state index contributed by atoms with van der Waals surface area (Å²) in [4.78, 5) is 0. The van der Waals surface area contributed by atoms with E-state index in [2.05, 4.69) is 22.4 Å². The molecule has 0 spiro atoms. The molecule has 2 rings (SSSR count). The van der Waals surface area contributed by atoms with E-state index in [-0.39, 0.29) is 17.5 Å². The number of rotatable bonds is 6. The molecule has 2 aromatic rings. The molecular weight excluding hydrogens is 276 g/mol. The summed E-state index contributed by atoms with van der Waals surface area (Å²) in [6.07, 6.45) is 1.77. The summed E-state index contributed by atoms with van der Waals surface area (Å²) in [7, 11) is 0. The van der Waals surface area contributed by atoms with Gasteiger partial charge in [-0.2, -0.15) is 0 Å². The van der Waals surface area contributed by atoms with Crippen molar-refractivity contribution in [2.75, 3.05) is 6.54 Å². The molecule has 0 radical (unpaired) electrons. The summed E-state index contributed by atoms with van der Waals surface area (Å²) >= 11 is 0. The molecule has 0 amide bonds. The minimum Gasteiger partial charge on any atom is -0.419 e. The second-order valence-electron chi connectivity index (χ2n) is 4.94. The molecule has 0 aliphatic carbocycles. The summed E-state index contributed by atoms with van der Waals surface area (Å²) in [5, 5.41) is 11.1. The van der Waals surface area contributed by atoms with Crippen LogP contribution in [0.3, 0.4) is 0 Å². The zero-order valence-electron chi connectivity index (χ0n) is 12.4. The molecule has 0 saturated heterocycles. The van der Waals surface area contributed by atoms with Gasteiger partial charge in [-0.3, -0.25) is 0 Å². The number of halogens is 2. The monoisotopic (exact) mass is 295 g/mol. The third-order valence-corrected chi connectivity index (χ3v) is 3.27. The number of nitrogens with zero attached hydrogens (tertiary/aromatic N) is 2. The molecule has 1 aromatic heterocycles. The number of hydrogen-bond acceptors (Lipinski definition) is 4. The fraction of sp³-hybridized carbons (Fsp3) is 0.467. The highest BCUT2D eigenvalue weighted by Gasteiger charge is 2.19. The maximum Gasteiger partial charge on any atom is 0.250 e. The second kappa shape index (κ2) is 6.76. The zero-order chi connectivity index (χ0) is 15.4. The van der Waals surface area contributed by atoms with E-state index in [0.29, 0.717) is 11.5 Å². The number of aromatic nitrogens is 2. The summed E-state index contributed by atoms with van der Waals surface area (Å²) < 4.78 is 32.7. The van der Waals surface area contributed by atoms with Crippen molar-refractivity contribution >= 4 is 0 Å². The Morgan fingerprint density at radius 1 is 1.19 bits per heavy atom. The van der Waals surface area contributed by atoms with Crippen LogP contribution in [0.4, 0.5) is 8.78 Å². The van der Waals surface area contributed by atoms with Gasteiger partial charge in [0.2, 0.25) is 5.89 Å². The Balaban J connectivity index is 2.29. The first-order chi connectivity index (χ1) is 10.1. The molecule has 0 saturated carbocycles. The quantitative estimate of drug-likeness (QED) is 0.881. The SMILES string of the molecule is CCCNC(CC)c1nnc(-c2cc(C)c(F)cc2F)o1. The normalized spacial score (nSPS) is 12.6. The van der Waals surface area contributed by atoms with Gasteiger partial charge in [-0.25, -0.2) is 8.78 Å². The minimum absolute atomic E-state index is 0.0594. The van der Waals surface area contributed by atoms with Gasteiger partial charge in [-0.15, -0.1) is 10.2 Å². The van der Waals surface area contributed by atoms with E-state index in [9.17, 15) is 8.78 Å². The fourth-order valence-electron chi connectivity index (χ4n) is 2.03. The lowest BCUT2D eigenvalue weighted by molar-refractivity contribution is 0.395. The Morgan fingerprint density at radius 2 is 1.95 bits per heavy atom. The minimum atomic E-state index is -0.706. The van der Waals surface area contributed by atoms with Gasteiger partial charge in [-0.05, 0) is 37.9 Å². The van der Waals surface area contributed by atoms with Gasteiger partial charge in [0.05, 0.1) is 11.6 Å². The van der Waals surface area contributed by atoms with Crippen LogP contribution in [0, 0.1) is 18.6 Å². The highest BCUT2D eigenvalue weighted by Crippen LogP contribution is 2.26. The lowest BCUT2D eigenvalue weighted by Crippen LogP contribution is -2.21. The van der Waals surface area contributed by atoms with Crippen molar-refractivity contribution in [1.29, 1.82) is 0 Å². The Bertz CT molecular complexity index is 613. The first-order valence-electron chi connectivity index (χ1n) is 7.09. The van der Waals surface area contributed by atoms with Crippen LogP contribution >= 0.6 is 0 Å². The van der Waals surface area contributed by atoms with Gasteiger partial charge in [0.1, 0.15) is 11.6 Å². The Morgan fingerprint density at radius 3 is 2.62 bits per heavy atom. The van der Waals surface area contributed by atoms with E-state index in [0.717, 1.165) is 25.5 Å². The third-order valence-electron chi connectivity index (χ3n) is 3.27. The predicted molar refractivity (Wildman–Crippen MR) is 75.7 cm³/mol. The van der Waals surface area contributed by atoms with Crippen molar-refractivity contribution in [3.05, 3.63) is 35.2 Å². The van der Waals surface area contributed by atoms with Crippen LogP contribution in [0.15, 0.2) is 16.5 Å². The topological polar surface area (TPSA) is 51.0 Å². The van der Waals surface area contributed by atoms with Gasteiger partial charge in [0.25, 0.3) is 5.89 Å². The second-order valence-corrected chi connectivity index (χ2v) is 4.94. The lowest BCUT2D eigenvalue weighted by atomic mass is 10.1. The Hall–Kier alpha value is -1.82. The molecule has 0 aliphatic rings. The van der Waals surface area contributed by atoms with Crippen molar-refractivity contribution in [2.24, 2.45) is 0 Å². The van der Waals surface area contributed by atoms with Crippen LogP contribution in [-0.4, -0.2) is 16.7 Å². The zero-order valence-corrected chi connectivity index (χ0v) is 12.4. The number of nitrogens with one attached hydrogen (secondary N) is 1. The highest BCUT2D eigenvalue weighted by atomic mass is 19.1. The van der Waals surface area contributed by atoms with Gasteiger partial charge in [-0.1, -0.05) is 13.8 Å².